The number of hydrogen-bond donors (Lipinski definition) is 1. The topological polar surface area (TPSA) is 97.2 Å². The number of benzene rings is 1. The molecule has 1 aromatic carbocycles. The van der Waals surface area contributed by atoms with Crippen LogP contribution in [0.15, 0.2) is 34.4 Å². The van der Waals surface area contributed by atoms with Crippen molar-refractivity contribution in [2.24, 2.45) is 10.1 Å². The number of hydrogen-bond acceptors (Lipinski definition) is 7. The average Bonchev–Trinajstić information content (AvgIpc) is 3.18. The number of nitrogens with one attached hydrogen (secondary N) is 1. The number of rotatable bonds is 5. The second-order valence-corrected chi connectivity index (χ2v) is 7.66. The summed E-state index contributed by atoms with van der Waals surface area (Å²) in [7, 11) is -3.62. The van der Waals surface area contributed by atoms with Crippen LogP contribution in [-0.2, 0) is 14.6 Å². The Morgan fingerprint density at radius 1 is 1.35 bits per heavy atom. The van der Waals surface area contributed by atoms with Gasteiger partial charge in [0.2, 0.25) is 5.78 Å². The quantitative estimate of drug-likeness (QED) is 0.783. The molecule has 23 heavy (non-hydrogen) atoms. The van der Waals surface area contributed by atoms with E-state index in [0.29, 0.717) is 18.7 Å². The van der Waals surface area contributed by atoms with E-state index in [1.165, 1.54) is 0 Å². The molecule has 3 rings (SSSR count). The van der Waals surface area contributed by atoms with Gasteiger partial charge in [0.05, 0.1) is 13.1 Å². The minimum Gasteiger partial charge on any atom is -0.478 e. The SMILES string of the molecule is Cc1ccc(C(=O)C2=NNC[C@H]2S(=O)(=O)CC2=NCCO2)cc1. The molecule has 122 valence electrons. The molecule has 0 aliphatic carbocycles. The summed E-state index contributed by atoms with van der Waals surface area (Å²) in [4.78, 5) is 16.6. The maximum Gasteiger partial charge on any atom is 0.210 e. The molecule has 7 nitrogen and oxygen atoms in total. The second kappa shape index (κ2) is 6.11. The van der Waals surface area contributed by atoms with Gasteiger partial charge in [0.25, 0.3) is 0 Å². The lowest BCUT2D eigenvalue weighted by Gasteiger charge is -2.12. The summed E-state index contributed by atoms with van der Waals surface area (Å²) in [6.45, 7) is 2.87. The fourth-order valence-corrected chi connectivity index (χ4v) is 4.02. The Kier molecular flexibility index (Phi) is 4.16. The molecule has 2 aliphatic rings. The van der Waals surface area contributed by atoms with Crippen LogP contribution in [0.3, 0.4) is 0 Å². The molecule has 0 bridgehead atoms. The average molecular weight is 335 g/mol. The van der Waals surface area contributed by atoms with E-state index in [1.54, 1.807) is 24.3 Å². The molecular formula is C15H17N3O4S. The van der Waals surface area contributed by atoms with E-state index < -0.39 is 15.1 Å². The van der Waals surface area contributed by atoms with Crippen molar-refractivity contribution in [2.45, 2.75) is 12.2 Å². The van der Waals surface area contributed by atoms with Crippen molar-refractivity contribution in [2.75, 3.05) is 25.4 Å². The van der Waals surface area contributed by atoms with Gasteiger partial charge in [-0.05, 0) is 6.92 Å². The summed E-state index contributed by atoms with van der Waals surface area (Å²) < 4.78 is 30.3. The van der Waals surface area contributed by atoms with Crippen LogP contribution in [-0.4, -0.2) is 56.5 Å². The molecule has 0 fully saturated rings. The smallest absolute Gasteiger partial charge is 0.210 e. The summed E-state index contributed by atoms with van der Waals surface area (Å²) in [5.74, 6) is -0.476. The number of carbonyl (C=O) groups is 1. The fraction of sp³-hybridized carbons (Fsp3) is 0.400. The van der Waals surface area contributed by atoms with Gasteiger partial charge in [0, 0.05) is 5.56 Å². The Labute approximate surface area is 134 Å². The van der Waals surface area contributed by atoms with E-state index in [4.69, 9.17) is 4.74 Å². The molecule has 0 unspecified atom stereocenters. The highest BCUT2D eigenvalue weighted by atomic mass is 32.2. The number of Topliss-reactive ketones (excluding diaryl/α,β-unsaturated/α-hetero) is 1. The molecule has 2 heterocycles. The van der Waals surface area contributed by atoms with E-state index in [1.807, 2.05) is 6.92 Å². The molecule has 0 aromatic heterocycles. The minimum absolute atomic E-state index is 0.0208. The number of carbonyl (C=O) groups excluding carboxylic acids is 1. The maximum atomic E-state index is 12.6. The maximum absolute atomic E-state index is 12.6. The number of nitrogens with zero attached hydrogens (tertiary/aromatic N) is 2. The molecule has 0 radical (unpaired) electrons. The summed E-state index contributed by atoms with van der Waals surface area (Å²) >= 11 is 0. The first-order chi connectivity index (χ1) is 11.0. The molecule has 1 aromatic rings. The van der Waals surface area contributed by atoms with Crippen molar-refractivity contribution in [1.29, 1.82) is 0 Å². The zero-order chi connectivity index (χ0) is 16.4. The fourth-order valence-electron chi connectivity index (χ4n) is 2.47. The largest absolute Gasteiger partial charge is 0.478 e. The van der Waals surface area contributed by atoms with Gasteiger partial charge in [0.1, 0.15) is 23.3 Å². The summed E-state index contributed by atoms with van der Waals surface area (Å²) in [5.41, 5.74) is 4.09. The highest BCUT2D eigenvalue weighted by Crippen LogP contribution is 2.15. The standard InChI is InChI=1S/C15H17N3O4S/c1-10-2-4-11(5-3-10)15(19)14-12(8-17-18-14)23(20,21)9-13-16-6-7-22-13/h2-5,12,17H,6-9H2,1H3/t12-/m1/s1. The molecule has 2 aliphatic heterocycles. The third kappa shape index (κ3) is 3.26. The van der Waals surface area contributed by atoms with E-state index in [2.05, 4.69) is 15.5 Å². The molecule has 0 saturated heterocycles. The molecule has 0 spiro atoms. The zero-order valence-electron chi connectivity index (χ0n) is 12.7. The molecular weight excluding hydrogens is 318 g/mol. The van der Waals surface area contributed by atoms with Crippen LogP contribution in [0.25, 0.3) is 0 Å². The van der Waals surface area contributed by atoms with Crippen molar-refractivity contribution in [3.63, 3.8) is 0 Å². The zero-order valence-corrected chi connectivity index (χ0v) is 13.5. The van der Waals surface area contributed by atoms with E-state index >= 15 is 0 Å². The van der Waals surface area contributed by atoms with Gasteiger partial charge >= 0.3 is 0 Å². The highest BCUT2D eigenvalue weighted by Gasteiger charge is 2.39. The first-order valence-electron chi connectivity index (χ1n) is 7.27. The monoisotopic (exact) mass is 335 g/mol. The van der Waals surface area contributed by atoms with Crippen molar-refractivity contribution in [3.8, 4) is 0 Å². The molecule has 0 saturated carbocycles. The number of sulfone groups is 1. The number of aliphatic imine (C=N–C) groups is 1. The molecule has 1 N–H and O–H groups in total. The number of ketones is 1. The number of ether oxygens (including phenoxy) is 1. The lowest BCUT2D eigenvalue weighted by atomic mass is 10.0. The number of hydrazone groups is 1. The van der Waals surface area contributed by atoms with Gasteiger partial charge in [-0.25, -0.2) is 8.42 Å². The molecule has 0 amide bonds. The van der Waals surface area contributed by atoms with Crippen LogP contribution in [0.5, 0.6) is 0 Å². The van der Waals surface area contributed by atoms with E-state index in [9.17, 15) is 13.2 Å². The first-order valence-corrected chi connectivity index (χ1v) is 8.98. The lowest BCUT2D eigenvalue weighted by molar-refractivity contribution is 0.106. The Morgan fingerprint density at radius 2 is 2.09 bits per heavy atom. The summed E-state index contributed by atoms with van der Waals surface area (Å²) in [6.07, 6.45) is 0. The van der Waals surface area contributed by atoms with Crippen molar-refractivity contribution >= 4 is 27.2 Å². The van der Waals surface area contributed by atoms with Crippen LogP contribution in [0.4, 0.5) is 0 Å². The van der Waals surface area contributed by atoms with Gasteiger partial charge in [-0.15, -0.1) is 0 Å². The Balaban J connectivity index is 1.82. The van der Waals surface area contributed by atoms with Crippen LogP contribution < -0.4 is 5.43 Å². The Morgan fingerprint density at radius 3 is 2.74 bits per heavy atom. The Bertz CT molecular complexity index is 781. The van der Waals surface area contributed by atoms with Crippen molar-refractivity contribution in [3.05, 3.63) is 35.4 Å². The molecule has 8 heteroatoms. The molecule has 1 atom stereocenters. The lowest BCUT2D eigenvalue weighted by Crippen LogP contribution is -2.39. The van der Waals surface area contributed by atoms with Crippen LogP contribution in [0.1, 0.15) is 15.9 Å². The summed E-state index contributed by atoms with van der Waals surface area (Å²) in [5, 5.41) is 2.93. The van der Waals surface area contributed by atoms with Gasteiger partial charge in [-0.2, -0.15) is 5.10 Å². The van der Waals surface area contributed by atoms with Crippen LogP contribution in [0, 0.1) is 6.92 Å². The predicted octanol–water partition coefficient (Wildman–Crippen LogP) is 0.349. The van der Waals surface area contributed by atoms with Gasteiger partial charge in [0.15, 0.2) is 15.7 Å². The number of aryl methyl sites for hydroxylation is 1. The third-order valence-electron chi connectivity index (χ3n) is 3.73. The predicted molar refractivity (Wildman–Crippen MR) is 86.8 cm³/mol. The Hall–Kier alpha value is -2.22. The van der Waals surface area contributed by atoms with Crippen molar-refractivity contribution < 1.29 is 17.9 Å². The first kappa shape index (κ1) is 15.7. The van der Waals surface area contributed by atoms with Crippen LogP contribution in [0.2, 0.25) is 0 Å². The van der Waals surface area contributed by atoms with Crippen LogP contribution >= 0.6 is 0 Å². The second-order valence-electron chi connectivity index (χ2n) is 5.47. The van der Waals surface area contributed by atoms with Gasteiger partial charge in [-0.3, -0.25) is 9.79 Å². The van der Waals surface area contributed by atoms with E-state index in [-0.39, 0.29) is 29.7 Å². The third-order valence-corrected chi connectivity index (χ3v) is 5.64. The van der Waals surface area contributed by atoms with Crippen molar-refractivity contribution in [1.82, 2.24) is 5.43 Å². The van der Waals surface area contributed by atoms with Gasteiger partial charge < -0.3 is 10.2 Å². The summed E-state index contributed by atoms with van der Waals surface area (Å²) in [6, 6.07) is 6.96. The van der Waals surface area contributed by atoms with E-state index in [0.717, 1.165) is 5.56 Å². The van der Waals surface area contributed by atoms with Gasteiger partial charge in [-0.1, -0.05) is 29.8 Å². The minimum atomic E-state index is -3.62. The highest BCUT2D eigenvalue weighted by molar-refractivity contribution is 7.93. The normalized spacial score (nSPS) is 20.5.